The standard InChI is InChI=1S/C21H23N9O6S2/c1-3-7-36-27-14(12-5-4-6-13(23-12)22-10-31)16(32)24-15-17(33)30-8-21(19(34)35,9-37-18(15)30)11(2)38-20-25-28-29-26-20/h3-6,10-11,15,18H,1,7-9H2,2H3,(H,24,32)(H,34,35)(H,22,23,31)(H,25,26,28,29)/t11?,15?,18-,21?/m1/s1. The van der Waals surface area contributed by atoms with Gasteiger partial charge < -0.3 is 25.5 Å². The van der Waals surface area contributed by atoms with Crippen molar-refractivity contribution in [1.82, 2.24) is 35.8 Å². The fourth-order valence-corrected chi connectivity index (χ4v) is 6.67. The first kappa shape index (κ1) is 27.1. The van der Waals surface area contributed by atoms with Gasteiger partial charge >= 0.3 is 5.97 Å². The smallest absolute Gasteiger partial charge is 0.313 e. The van der Waals surface area contributed by atoms with E-state index in [0.717, 1.165) is 0 Å². The molecule has 2 aliphatic heterocycles. The fraction of sp³-hybridized carbons (Fsp3) is 0.381. The van der Waals surface area contributed by atoms with Crippen molar-refractivity contribution in [2.24, 2.45) is 10.6 Å². The van der Waals surface area contributed by atoms with Crippen molar-refractivity contribution < 1.29 is 29.1 Å². The van der Waals surface area contributed by atoms with E-state index >= 15 is 0 Å². The highest BCUT2D eigenvalue weighted by Crippen LogP contribution is 2.47. The first-order valence-electron chi connectivity index (χ1n) is 11.2. The number of amides is 3. The first-order chi connectivity index (χ1) is 18.3. The molecule has 4 N–H and O–H groups in total. The Hall–Kier alpha value is -3.99. The minimum atomic E-state index is -1.26. The average Bonchev–Trinajstić information content (AvgIpc) is 3.42. The number of aromatic amines is 1. The molecule has 2 fully saturated rings. The summed E-state index contributed by atoms with van der Waals surface area (Å²) in [6.07, 6.45) is 1.88. The summed E-state index contributed by atoms with van der Waals surface area (Å²) in [5, 5.41) is 31.9. The fourth-order valence-electron chi connectivity index (χ4n) is 3.90. The number of carboxylic acids is 1. The third-order valence-electron chi connectivity index (χ3n) is 5.97. The molecule has 2 aliphatic rings. The summed E-state index contributed by atoms with van der Waals surface area (Å²) in [7, 11) is 0. The van der Waals surface area contributed by atoms with Crippen LogP contribution in [0.15, 0.2) is 41.2 Å². The van der Waals surface area contributed by atoms with Gasteiger partial charge in [0.1, 0.15) is 34.9 Å². The summed E-state index contributed by atoms with van der Waals surface area (Å²) in [4.78, 5) is 60.1. The zero-order valence-electron chi connectivity index (χ0n) is 19.9. The lowest BCUT2D eigenvalue weighted by molar-refractivity contribution is -0.158. The van der Waals surface area contributed by atoms with Gasteiger partial charge in [0.05, 0.1) is 0 Å². The summed E-state index contributed by atoms with van der Waals surface area (Å²) >= 11 is 2.44. The van der Waals surface area contributed by atoms with Crippen molar-refractivity contribution in [3.8, 4) is 0 Å². The molecule has 3 unspecified atom stereocenters. The van der Waals surface area contributed by atoms with Gasteiger partial charge in [-0.05, 0) is 22.6 Å². The Morgan fingerprint density at radius 3 is 3.00 bits per heavy atom. The molecular formula is C21H23N9O6S2. The van der Waals surface area contributed by atoms with Gasteiger partial charge in [0, 0.05) is 17.5 Å². The van der Waals surface area contributed by atoms with Gasteiger partial charge in [0.25, 0.3) is 5.91 Å². The lowest BCUT2D eigenvalue weighted by Crippen LogP contribution is -2.74. The molecule has 15 nitrogen and oxygen atoms in total. The zero-order valence-corrected chi connectivity index (χ0v) is 21.6. The summed E-state index contributed by atoms with van der Waals surface area (Å²) in [5.74, 6) is -1.80. The highest BCUT2D eigenvalue weighted by Gasteiger charge is 2.59. The number of carbonyl (C=O) groups excluding carboxylic acids is 3. The number of nitrogens with one attached hydrogen (secondary N) is 3. The molecule has 0 saturated carbocycles. The van der Waals surface area contributed by atoms with Crippen LogP contribution in [0.5, 0.6) is 0 Å². The first-order valence-corrected chi connectivity index (χ1v) is 13.1. The van der Waals surface area contributed by atoms with Crippen LogP contribution in [0.2, 0.25) is 0 Å². The number of carboxylic acid groups (broad SMARTS) is 1. The largest absolute Gasteiger partial charge is 0.481 e. The second kappa shape index (κ2) is 11.6. The number of pyridine rings is 1. The van der Waals surface area contributed by atoms with Gasteiger partial charge in [0.2, 0.25) is 17.5 Å². The van der Waals surface area contributed by atoms with Crippen LogP contribution in [0.3, 0.4) is 0 Å². The maximum atomic E-state index is 13.2. The van der Waals surface area contributed by atoms with E-state index in [1.807, 2.05) is 0 Å². The number of rotatable bonds is 12. The number of carbonyl (C=O) groups is 4. The van der Waals surface area contributed by atoms with E-state index < -0.39 is 39.9 Å². The molecule has 2 saturated heterocycles. The van der Waals surface area contributed by atoms with Crippen molar-refractivity contribution in [3.05, 3.63) is 36.5 Å². The number of fused-ring (bicyclic) bond motifs is 1. The molecule has 4 heterocycles. The minimum absolute atomic E-state index is 0.0231. The number of hydrogen-bond acceptors (Lipinski definition) is 12. The summed E-state index contributed by atoms with van der Waals surface area (Å²) in [6.45, 7) is 5.26. The normalized spacial score (nSPS) is 23.4. The summed E-state index contributed by atoms with van der Waals surface area (Å²) in [6, 6.07) is 3.69. The van der Waals surface area contributed by atoms with Crippen LogP contribution in [0.25, 0.3) is 0 Å². The van der Waals surface area contributed by atoms with Gasteiger partial charge in [-0.15, -0.1) is 16.9 Å². The second-order valence-corrected chi connectivity index (χ2v) is 10.7. The number of aromatic nitrogens is 5. The van der Waals surface area contributed by atoms with Crippen LogP contribution < -0.4 is 10.6 Å². The highest BCUT2D eigenvalue weighted by atomic mass is 32.2. The van der Waals surface area contributed by atoms with Gasteiger partial charge in [0.15, 0.2) is 5.71 Å². The number of β-lactam (4-membered cyclic amide) rings is 1. The van der Waals surface area contributed by atoms with E-state index in [4.69, 9.17) is 4.84 Å². The molecule has 38 heavy (non-hydrogen) atoms. The molecule has 0 aliphatic carbocycles. The van der Waals surface area contributed by atoms with E-state index in [0.29, 0.717) is 11.6 Å². The average molecular weight is 562 g/mol. The number of hydrogen-bond donors (Lipinski definition) is 4. The minimum Gasteiger partial charge on any atom is -0.481 e. The summed E-state index contributed by atoms with van der Waals surface area (Å²) < 4.78 is 0. The zero-order chi connectivity index (χ0) is 27.3. The van der Waals surface area contributed by atoms with E-state index in [9.17, 15) is 24.3 Å². The number of nitrogens with zero attached hydrogens (tertiary/aromatic N) is 6. The van der Waals surface area contributed by atoms with Crippen molar-refractivity contribution >= 4 is 59.2 Å². The van der Waals surface area contributed by atoms with Crippen LogP contribution in [0.4, 0.5) is 5.82 Å². The van der Waals surface area contributed by atoms with Crippen molar-refractivity contribution in [1.29, 1.82) is 0 Å². The molecular weight excluding hydrogens is 538 g/mol. The molecule has 0 spiro atoms. The van der Waals surface area contributed by atoms with Gasteiger partial charge in [-0.1, -0.05) is 42.6 Å². The Balaban J connectivity index is 1.48. The molecule has 0 aromatic carbocycles. The predicted octanol–water partition coefficient (Wildman–Crippen LogP) is -0.279. The molecule has 0 bridgehead atoms. The number of aliphatic carboxylic acids is 1. The molecule has 0 radical (unpaired) electrons. The number of anilines is 1. The van der Waals surface area contributed by atoms with E-state index in [2.05, 4.69) is 48.0 Å². The van der Waals surface area contributed by atoms with E-state index in [1.165, 1.54) is 46.6 Å². The third-order valence-corrected chi connectivity index (χ3v) is 8.72. The molecule has 4 rings (SSSR count). The quantitative estimate of drug-likeness (QED) is 0.0502. The predicted molar refractivity (Wildman–Crippen MR) is 136 cm³/mol. The Kier molecular flexibility index (Phi) is 8.26. The lowest BCUT2D eigenvalue weighted by atomic mass is 9.84. The van der Waals surface area contributed by atoms with Crippen LogP contribution in [0, 0.1) is 5.41 Å². The SMILES string of the molecule is C=CCON=C(C(=O)NC1C(=O)N2CC(C(=O)O)(C(C)Sc3nnn[nH]3)CS[C@H]12)c1cccc(NC=O)n1. The maximum absolute atomic E-state index is 13.2. The molecule has 17 heteroatoms. The number of H-pyrrole nitrogens is 1. The van der Waals surface area contributed by atoms with Crippen LogP contribution in [0.1, 0.15) is 12.6 Å². The lowest BCUT2D eigenvalue weighted by Gasteiger charge is -2.54. The Morgan fingerprint density at radius 1 is 1.50 bits per heavy atom. The molecule has 2 aromatic heterocycles. The summed E-state index contributed by atoms with van der Waals surface area (Å²) in [5.41, 5.74) is -1.36. The monoisotopic (exact) mass is 561 g/mol. The molecule has 4 atom stereocenters. The van der Waals surface area contributed by atoms with Crippen molar-refractivity contribution in [2.45, 2.75) is 28.7 Å². The van der Waals surface area contributed by atoms with Gasteiger partial charge in [-0.3, -0.25) is 19.2 Å². The Bertz CT molecular complexity index is 1260. The topological polar surface area (TPSA) is 205 Å². The van der Waals surface area contributed by atoms with Crippen LogP contribution in [-0.4, -0.2) is 101 Å². The Labute approximate surface area is 224 Å². The maximum Gasteiger partial charge on any atom is 0.313 e. The van der Waals surface area contributed by atoms with E-state index in [1.54, 1.807) is 13.0 Å². The van der Waals surface area contributed by atoms with Crippen LogP contribution >= 0.6 is 23.5 Å². The van der Waals surface area contributed by atoms with E-state index in [-0.39, 0.29) is 36.1 Å². The van der Waals surface area contributed by atoms with Gasteiger partial charge in [-0.2, -0.15) is 0 Å². The van der Waals surface area contributed by atoms with Crippen molar-refractivity contribution in [2.75, 3.05) is 24.2 Å². The second-order valence-electron chi connectivity index (χ2n) is 8.24. The Morgan fingerprint density at radius 2 is 2.32 bits per heavy atom. The molecule has 2 aromatic rings. The highest BCUT2D eigenvalue weighted by molar-refractivity contribution is 8.01. The molecule has 200 valence electrons. The van der Waals surface area contributed by atoms with Crippen molar-refractivity contribution in [3.63, 3.8) is 0 Å². The number of tetrazole rings is 1. The number of oxime groups is 1. The molecule has 3 amide bonds. The third kappa shape index (κ3) is 5.33. The number of thioether (sulfide) groups is 2. The van der Waals surface area contributed by atoms with Gasteiger partial charge in [-0.25, -0.2) is 10.1 Å². The van der Waals surface area contributed by atoms with Crippen LogP contribution in [-0.2, 0) is 24.0 Å².